The molecule has 1 N–H and O–H groups in total. The van der Waals surface area contributed by atoms with E-state index in [4.69, 9.17) is 0 Å². The van der Waals surface area contributed by atoms with Crippen LogP contribution in [-0.2, 0) is 4.57 Å². The molecule has 4 nitrogen and oxygen atoms in total. The zero-order valence-electron chi connectivity index (χ0n) is 18.6. The molecule has 2 saturated heterocycles. The van der Waals surface area contributed by atoms with Gasteiger partial charge >= 0.3 is 0 Å². The summed E-state index contributed by atoms with van der Waals surface area (Å²) in [4.78, 5) is 3.64. The first-order valence-corrected chi connectivity index (χ1v) is 13.4. The van der Waals surface area contributed by atoms with Crippen LogP contribution in [0.5, 0.6) is 0 Å². The van der Waals surface area contributed by atoms with Crippen LogP contribution in [0.1, 0.15) is 49.9 Å². The molecule has 0 aliphatic carbocycles. The summed E-state index contributed by atoms with van der Waals surface area (Å²) in [6.07, 6.45) is 7.32. The molecule has 0 amide bonds. The molecule has 0 aromatic heterocycles. The van der Waals surface area contributed by atoms with Gasteiger partial charge in [-0.1, -0.05) is 36.8 Å². The molecule has 2 aliphatic heterocycles. The molecule has 2 aromatic rings. The number of likely N-dealkylation sites (tertiary alicyclic amines) is 1. The fraction of sp³-hybridized carbons (Fsp3) is 0.520. The van der Waals surface area contributed by atoms with Gasteiger partial charge in [-0.15, -0.1) is 0 Å². The molecule has 2 aromatic carbocycles. The summed E-state index contributed by atoms with van der Waals surface area (Å²) in [5, 5.41) is 1.03. The second-order valence-corrected chi connectivity index (χ2v) is 11.9. The van der Waals surface area contributed by atoms with E-state index in [9.17, 15) is 0 Å². The summed E-state index contributed by atoms with van der Waals surface area (Å²) in [7, 11) is 1.34. The highest BCUT2D eigenvalue weighted by atomic mass is 31.2. The smallest absolute Gasteiger partial charge is 0.238 e. The quantitative estimate of drug-likeness (QED) is 0.710. The van der Waals surface area contributed by atoms with E-state index in [-0.39, 0.29) is 5.78 Å². The number of hydrogen-bond donors (Lipinski definition) is 1. The highest BCUT2D eigenvalue weighted by molar-refractivity contribution is 7.69. The maximum Gasteiger partial charge on any atom is 0.238 e. The summed E-state index contributed by atoms with van der Waals surface area (Å²) in [6, 6.07) is 19.2. The van der Waals surface area contributed by atoms with Gasteiger partial charge in [0, 0.05) is 43.7 Å². The largest absolute Gasteiger partial charge is 0.378 e. The molecule has 2 atom stereocenters. The second-order valence-electron chi connectivity index (χ2n) is 9.08. The Morgan fingerprint density at radius 2 is 1.43 bits per heavy atom. The van der Waals surface area contributed by atoms with Crippen molar-refractivity contribution >= 4 is 18.3 Å². The van der Waals surface area contributed by atoms with Gasteiger partial charge in [-0.2, -0.15) is 0 Å². The number of nitrogens with zero attached hydrogens (tertiary/aromatic N) is 2. The van der Waals surface area contributed by atoms with Gasteiger partial charge in [0.15, 0.2) is 5.78 Å². The maximum atomic E-state index is 15.3. The van der Waals surface area contributed by atoms with E-state index >= 15 is 4.57 Å². The number of rotatable bonds is 6. The van der Waals surface area contributed by atoms with Crippen LogP contribution in [0.3, 0.4) is 0 Å². The summed E-state index contributed by atoms with van der Waals surface area (Å²) in [5.41, 5.74) is 2.42. The number of piperidine rings is 2. The molecule has 0 saturated carbocycles. The van der Waals surface area contributed by atoms with Gasteiger partial charge in [-0.05, 0) is 56.4 Å². The van der Waals surface area contributed by atoms with E-state index in [2.05, 4.69) is 72.2 Å². The average Bonchev–Trinajstić information content (AvgIpc) is 2.81. The minimum Gasteiger partial charge on any atom is -0.378 e. The van der Waals surface area contributed by atoms with Crippen molar-refractivity contribution in [3.8, 4) is 0 Å². The van der Waals surface area contributed by atoms with E-state index in [1.165, 1.54) is 41.8 Å². The lowest BCUT2D eigenvalue weighted by atomic mass is 10.1. The molecule has 162 valence electrons. The zero-order chi connectivity index (χ0) is 21.0. The van der Waals surface area contributed by atoms with Gasteiger partial charge < -0.3 is 9.80 Å². The highest BCUT2D eigenvalue weighted by Gasteiger charge is 2.48. The first kappa shape index (κ1) is 21.6. The topological polar surface area (TPSA) is 28.0 Å². The molecular formula is C25H37N3OP+. The minimum absolute atomic E-state index is 0.00881. The Morgan fingerprint density at radius 1 is 0.833 bits per heavy atom. The minimum atomic E-state index is -2.80. The van der Waals surface area contributed by atoms with Crippen LogP contribution in [0, 0.1) is 0 Å². The highest BCUT2D eigenvalue weighted by Crippen LogP contribution is 2.59. The first-order valence-electron chi connectivity index (χ1n) is 11.6. The predicted molar refractivity (Wildman–Crippen MR) is 127 cm³/mol. The van der Waals surface area contributed by atoms with Crippen molar-refractivity contribution in [2.24, 2.45) is 0 Å². The molecule has 30 heavy (non-hydrogen) atoms. The third kappa shape index (κ3) is 4.37. The molecule has 2 aliphatic rings. The Labute approximate surface area is 182 Å². The molecule has 0 bridgehead atoms. The third-order valence-corrected chi connectivity index (χ3v) is 10.5. The van der Waals surface area contributed by atoms with Crippen LogP contribution in [0.15, 0.2) is 54.6 Å². The molecule has 2 fully saturated rings. The monoisotopic (exact) mass is 426 g/mol. The Balaban J connectivity index is 1.83. The SMILES string of the molecule is CN(C)c1ccc([C@@H]([NH+]2CCCCC2)[P@](=O)(c2ccccc2)N2CCCCC2)cc1. The summed E-state index contributed by atoms with van der Waals surface area (Å²) in [6.45, 7) is 4.13. The lowest BCUT2D eigenvalue weighted by molar-refractivity contribution is -0.922. The second kappa shape index (κ2) is 9.68. The standard InChI is InChI=1S/C25H36N3OP/c1-26(2)23-16-14-22(15-17-23)25(27-18-8-4-9-19-27)30(29,24-12-6-3-7-13-24)28-20-10-5-11-21-28/h3,6-7,12-17,25H,4-5,8-11,18-21H2,1-2H3/p+1/t25-,30+/m0/s1. The molecule has 5 heteroatoms. The van der Waals surface area contributed by atoms with Crippen molar-refractivity contribution in [3.05, 3.63) is 60.2 Å². The van der Waals surface area contributed by atoms with Crippen molar-refractivity contribution in [3.63, 3.8) is 0 Å². The van der Waals surface area contributed by atoms with Gasteiger partial charge in [-0.25, -0.2) is 4.67 Å². The fourth-order valence-corrected chi connectivity index (χ4v) is 8.97. The Kier molecular flexibility index (Phi) is 6.98. The van der Waals surface area contributed by atoms with E-state index < -0.39 is 7.29 Å². The number of nitrogens with one attached hydrogen (secondary N) is 1. The van der Waals surface area contributed by atoms with Crippen LogP contribution in [0.4, 0.5) is 5.69 Å². The van der Waals surface area contributed by atoms with Crippen LogP contribution in [-0.4, -0.2) is 44.9 Å². The van der Waals surface area contributed by atoms with Gasteiger partial charge in [0.05, 0.1) is 13.1 Å². The van der Waals surface area contributed by atoms with Crippen molar-refractivity contribution < 1.29 is 9.46 Å². The molecular weight excluding hydrogens is 389 g/mol. The zero-order valence-corrected chi connectivity index (χ0v) is 19.5. The number of anilines is 1. The Bertz CT molecular complexity index is 840. The van der Waals surface area contributed by atoms with Crippen molar-refractivity contribution in [1.82, 2.24) is 4.67 Å². The number of quaternary nitrogens is 1. The van der Waals surface area contributed by atoms with Crippen LogP contribution < -0.4 is 15.1 Å². The number of benzene rings is 2. The number of hydrogen-bond acceptors (Lipinski definition) is 2. The van der Waals surface area contributed by atoms with Gasteiger partial charge in [0.1, 0.15) is 0 Å². The van der Waals surface area contributed by atoms with Crippen molar-refractivity contribution in [2.45, 2.75) is 44.3 Å². The van der Waals surface area contributed by atoms with Crippen molar-refractivity contribution in [2.75, 3.05) is 45.2 Å². The fourth-order valence-electron chi connectivity index (χ4n) is 5.21. The van der Waals surface area contributed by atoms with Crippen LogP contribution in [0.2, 0.25) is 0 Å². The molecule has 0 unspecified atom stereocenters. The van der Waals surface area contributed by atoms with E-state index in [0.29, 0.717) is 0 Å². The molecule has 0 radical (unpaired) electrons. The third-order valence-electron chi connectivity index (χ3n) is 6.84. The van der Waals surface area contributed by atoms with E-state index in [1.54, 1.807) is 0 Å². The Morgan fingerprint density at radius 3 is 2.03 bits per heavy atom. The average molecular weight is 427 g/mol. The van der Waals surface area contributed by atoms with Gasteiger partial charge in [0.2, 0.25) is 7.29 Å². The van der Waals surface area contributed by atoms with E-state index in [0.717, 1.165) is 44.3 Å². The predicted octanol–water partition coefficient (Wildman–Crippen LogP) is 3.91. The maximum absolute atomic E-state index is 15.3. The van der Waals surface area contributed by atoms with Crippen LogP contribution >= 0.6 is 7.29 Å². The lowest BCUT2D eigenvalue weighted by Gasteiger charge is -2.42. The Hall–Kier alpha value is -1.61. The van der Waals surface area contributed by atoms with E-state index in [1.807, 2.05) is 6.07 Å². The van der Waals surface area contributed by atoms with Gasteiger partial charge in [-0.3, -0.25) is 4.57 Å². The summed E-state index contributed by atoms with van der Waals surface area (Å²) < 4.78 is 17.7. The summed E-state index contributed by atoms with van der Waals surface area (Å²) >= 11 is 0. The lowest BCUT2D eigenvalue weighted by Crippen LogP contribution is -3.13. The molecule has 4 rings (SSSR count). The molecule has 2 heterocycles. The molecule has 0 spiro atoms. The normalized spacial score (nSPS) is 21.7. The van der Waals surface area contributed by atoms with Crippen molar-refractivity contribution in [1.29, 1.82) is 0 Å². The first-order chi connectivity index (χ1) is 14.6. The van der Waals surface area contributed by atoms with Crippen LogP contribution in [0.25, 0.3) is 0 Å². The van der Waals surface area contributed by atoms with Gasteiger partial charge in [0.25, 0.3) is 0 Å². The summed E-state index contributed by atoms with van der Waals surface area (Å²) in [5.74, 6) is 0.00881.